The Balaban J connectivity index is 1.91. The Morgan fingerprint density at radius 2 is 1.77 bits per heavy atom. The zero-order valence-electron chi connectivity index (χ0n) is 15.2. The summed E-state index contributed by atoms with van der Waals surface area (Å²) in [5.41, 5.74) is 5.10. The number of hydrogen-bond donors (Lipinski definition) is 3. The Morgan fingerprint density at radius 3 is 2.38 bits per heavy atom. The molecule has 1 aliphatic rings. The first-order valence-corrected chi connectivity index (χ1v) is 9.42. The van der Waals surface area contributed by atoms with Crippen LogP contribution < -0.4 is 16.2 Å². The molecule has 0 radical (unpaired) electrons. The lowest BCUT2D eigenvalue weighted by Crippen LogP contribution is -2.55. The van der Waals surface area contributed by atoms with Crippen LogP contribution in [-0.4, -0.2) is 23.8 Å². The summed E-state index contributed by atoms with van der Waals surface area (Å²) in [5.74, 6) is -1.13. The Labute approximate surface area is 159 Å². The maximum atomic E-state index is 12.4. The molecule has 0 aliphatic heterocycles. The van der Waals surface area contributed by atoms with E-state index in [1.165, 1.54) is 6.07 Å². The highest BCUT2D eigenvalue weighted by Gasteiger charge is 2.28. The van der Waals surface area contributed by atoms with Crippen molar-refractivity contribution in [2.24, 2.45) is 11.8 Å². The third-order valence-electron chi connectivity index (χ3n) is 4.61. The van der Waals surface area contributed by atoms with Crippen molar-refractivity contribution in [3.63, 3.8) is 0 Å². The molecule has 1 saturated carbocycles. The smallest absolute Gasteiger partial charge is 0.269 e. The molecule has 1 aromatic rings. The molecule has 1 atom stereocenters. The maximum Gasteiger partial charge on any atom is 0.269 e. The van der Waals surface area contributed by atoms with Crippen LogP contribution in [0.4, 0.5) is 0 Å². The van der Waals surface area contributed by atoms with Crippen molar-refractivity contribution in [2.45, 2.75) is 52.0 Å². The summed E-state index contributed by atoms with van der Waals surface area (Å²) in [6, 6.07) is 5.71. The number of hydrogen-bond acceptors (Lipinski definition) is 3. The SMILES string of the molecule is CC(C)[C@H](NC(=O)C1CCCCC1)C(=O)NNC(=O)c1cccc(Cl)c1. The molecule has 1 fully saturated rings. The normalized spacial score (nSPS) is 16.0. The van der Waals surface area contributed by atoms with E-state index in [9.17, 15) is 14.4 Å². The molecule has 0 unspecified atom stereocenters. The number of carbonyl (C=O) groups excluding carboxylic acids is 3. The standard InChI is InChI=1S/C19H26ClN3O3/c1-12(2)16(21-17(24)13-7-4-3-5-8-13)19(26)23-22-18(25)14-9-6-10-15(20)11-14/h6,9-13,16H,3-5,7-8H2,1-2H3,(H,21,24)(H,22,25)(H,23,26)/t16-/m0/s1. The highest BCUT2D eigenvalue weighted by molar-refractivity contribution is 6.30. The van der Waals surface area contributed by atoms with Gasteiger partial charge in [-0.15, -0.1) is 0 Å². The van der Waals surface area contributed by atoms with Crippen molar-refractivity contribution in [3.8, 4) is 0 Å². The molecule has 0 spiro atoms. The average molecular weight is 380 g/mol. The largest absolute Gasteiger partial charge is 0.344 e. The van der Waals surface area contributed by atoms with Crippen LogP contribution in [0.3, 0.4) is 0 Å². The molecule has 1 aromatic carbocycles. The van der Waals surface area contributed by atoms with E-state index in [1.54, 1.807) is 18.2 Å². The number of hydrazine groups is 1. The van der Waals surface area contributed by atoms with Gasteiger partial charge in [0.1, 0.15) is 6.04 Å². The molecule has 26 heavy (non-hydrogen) atoms. The highest BCUT2D eigenvalue weighted by Crippen LogP contribution is 2.24. The van der Waals surface area contributed by atoms with Crippen molar-refractivity contribution < 1.29 is 14.4 Å². The molecule has 3 amide bonds. The number of nitrogens with one attached hydrogen (secondary N) is 3. The fraction of sp³-hybridized carbons (Fsp3) is 0.526. The maximum absolute atomic E-state index is 12.4. The topological polar surface area (TPSA) is 87.3 Å². The second-order valence-corrected chi connectivity index (χ2v) is 7.46. The summed E-state index contributed by atoms with van der Waals surface area (Å²) in [7, 11) is 0. The molecule has 3 N–H and O–H groups in total. The van der Waals surface area contributed by atoms with Crippen LogP contribution in [0.25, 0.3) is 0 Å². The van der Waals surface area contributed by atoms with Gasteiger partial charge in [0.25, 0.3) is 11.8 Å². The van der Waals surface area contributed by atoms with Gasteiger partial charge in [0.15, 0.2) is 0 Å². The molecule has 0 aromatic heterocycles. The van der Waals surface area contributed by atoms with E-state index in [2.05, 4.69) is 16.2 Å². The zero-order chi connectivity index (χ0) is 19.1. The molecule has 1 aliphatic carbocycles. The van der Waals surface area contributed by atoms with E-state index in [-0.39, 0.29) is 17.7 Å². The predicted molar refractivity (Wildman–Crippen MR) is 100 cm³/mol. The van der Waals surface area contributed by atoms with Crippen LogP contribution >= 0.6 is 11.6 Å². The van der Waals surface area contributed by atoms with Crippen LogP contribution in [0.5, 0.6) is 0 Å². The highest BCUT2D eigenvalue weighted by atomic mass is 35.5. The summed E-state index contributed by atoms with van der Waals surface area (Å²) in [4.78, 5) is 37.0. The van der Waals surface area contributed by atoms with Crippen LogP contribution in [0.2, 0.25) is 5.02 Å². The van der Waals surface area contributed by atoms with Gasteiger partial charge >= 0.3 is 0 Å². The number of amides is 3. The van der Waals surface area contributed by atoms with Gasteiger partial charge < -0.3 is 5.32 Å². The first-order valence-electron chi connectivity index (χ1n) is 9.04. The van der Waals surface area contributed by atoms with Crippen molar-refractivity contribution in [2.75, 3.05) is 0 Å². The Hall–Kier alpha value is -2.08. The average Bonchev–Trinajstić information content (AvgIpc) is 2.64. The van der Waals surface area contributed by atoms with Gasteiger partial charge in [0.2, 0.25) is 5.91 Å². The molecule has 0 heterocycles. The van der Waals surface area contributed by atoms with Gasteiger partial charge in [-0.1, -0.05) is 50.8 Å². The van der Waals surface area contributed by atoms with Gasteiger partial charge in [-0.05, 0) is 37.0 Å². The molecule has 2 rings (SSSR count). The van der Waals surface area contributed by atoms with E-state index >= 15 is 0 Å². The number of carbonyl (C=O) groups is 3. The first kappa shape index (κ1) is 20.2. The molecular formula is C19H26ClN3O3. The monoisotopic (exact) mass is 379 g/mol. The zero-order valence-corrected chi connectivity index (χ0v) is 15.9. The Bertz CT molecular complexity index is 657. The van der Waals surface area contributed by atoms with Crippen LogP contribution in [0.15, 0.2) is 24.3 Å². The summed E-state index contributed by atoms with van der Waals surface area (Å²) < 4.78 is 0. The van der Waals surface area contributed by atoms with Crippen molar-refractivity contribution >= 4 is 29.3 Å². The minimum Gasteiger partial charge on any atom is -0.344 e. The Morgan fingerprint density at radius 1 is 1.08 bits per heavy atom. The quantitative estimate of drug-likeness (QED) is 0.687. The predicted octanol–water partition coefficient (Wildman–Crippen LogP) is 2.82. The summed E-state index contributed by atoms with van der Waals surface area (Å²) >= 11 is 5.86. The van der Waals surface area contributed by atoms with Crippen molar-refractivity contribution in [1.82, 2.24) is 16.2 Å². The number of halogens is 1. The van der Waals surface area contributed by atoms with E-state index < -0.39 is 17.9 Å². The second-order valence-electron chi connectivity index (χ2n) is 7.02. The van der Waals surface area contributed by atoms with Gasteiger partial charge in [0.05, 0.1) is 0 Å². The van der Waals surface area contributed by atoms with E-state index in [4.69, 9.17) is 11.6 Å². The minimum atomic E-state index is -0.705. The molecule has 0 saturated heterocycles. The number of benzene rings is 1. The summed E-state index contributed by atoms with van der Waals surface area (Å²) in [6.07, 6.45) is 4.99. The third-order valence-corrected chi connectivity index (χ3v) is 4.84. The molecular weight excluding hydrogens is 354 g/mol. The number of rotatable bonds is 5. The van der Waals surface area contributed by atoms with Crippen LogP contribution in [-0.2, 0) is 9.59 Å². The van der Waals surface area contributed by atoms with Gasteiger partial charge in [-0.3, -0.25) is 25.2 Å². The second kappa shape index (κ2) is 9.57. The van der Waals surface area contributed by atoms with Crippen LogP contribution in [0, 0.1) is 11.8 Å². The van der Waals surface area contributed by atoms with Crippen LogP contribution in [0.1, 0.15) is 56.3 Å². The molecule has 6 nitrogen and oxygen atoms in total. The van der Waals surface area contributed by atoms with Crippen molar-refractivity contribution in [1.29, 1.82) is 0 Å². The van der Waals surface area contributed by atoms with E-state index in [0.29, 0.717) is 10.6 Å². The minimum absolute atomic E-state index is 0.0288. The Kier molecular flexibility index (Phi) is 7.45. The van der Waals surface area contributed by atoms with Crippen molar-refractivity contribution in [3.05, 3.63) is 34.9 Å². The fourth-order valence-corrected chi connectivity index (χ4v) is 3.26. The summed E-state index contributed by atoms with van der Waals surface area (Å²) in [5, 5.41) is 3.27. The van der Waals surface area contributed by atoms with E-state index in [0.717, 1.165) is 32.1 Å². The fourth-order valence-electron chi connectivity index (χ4n) is 3.07. The summed E-state index contributed by atoms with van der Waals surface area (Å²) in [6.45, 7) is 3.70. The lowest BCUT2D eigenvalue weighted by atomic mass is 9.88. The van der Waals surface area contributed by atoms with Gasteiger partial charge in [-0.2, -0.15) is 0 Å². The lowest BCUT2D eigenvalue weighted by Gasteiger charge is -2.26. The van der Waals surface area contributed by atoms with Gasteiger partial charge in [-0.25, -0.2) is 0 Å². The van der Waals surface area contributed by atoms with E-state index in [1.807, 2.05) is 13.8 Å². The molecule has 142 valence electrons. The van der Waals surface area contributed by atoms with Gasteiger partial charge in [0, 0.05) is 16.5 Å². The first-order chi connectivity index (χ1) is 12.4. The lowest BCUT2D eigenvalue weighted by molar-refractivity contribution is -0.133. The molecule has 0 bridgehead atoms. The third kappa shape index (κ3) is 5.73. The molecule has 7 heteroatoms.